The summed E-state index contributed by atoms with van der Waals surface area (Å²) in [4.78, 5) is 20.7. The molecule has 2 aromatic carbocycles. The second-order valence-electron chi connectivity index (χ2n) is 7.80. The molecule has 0 bridgehead atoms. The number of hydrogen-bond donors (Lipinski definition) is 5. The van der Waals surface area contributed by atoms with E-state index in [1.54, 1.807) is 24.3 Å². The van der Waals surface area contributed by atoms with E-state index in [9.17, 15) is 18.0 Å². The molecule has 0 saturated carbocycles. The quantitative estimate of drug-likeness (QED) is 0.352. The molecule has 1 aromatic heterocycles. The Morgan fingerprint density at radius 1 is 1.12 bits per heavy atom. The van der Waals surface area contributed by atoms with Gasteiger partial charge in [-0.25, -0.2) is 9.97 Å². The van der Waals surface area contributed by atoms with Crippen molar-refractivity contribution in [1.82, 2.24) is 15.3 Å². The SMILES string of the molecule is N=C(c1ccc(NC(=O)c2cccc(C(F)(F)F)c2)cc1)c1c(N)ncnc1N[C@H]1CCNC1. The lowest BCUT2D eigenvalue weighted by Gasteiger charge is -2.17. The van der Waals surface area contributed by atoms with Gasteiger partial charge in [0.05, 0.1) is 16.8 Å². The number of nitrogen functional groups attached to an aromatic ring is 1. The van der Waals surface area contributed by atoms with Gasteiger partial charge in [-0.05, 0) is 43.3 Å². The molecule has 34 heavy (non-hydrogen) atoms. The number of halogens is 3. The fourth-order valence-electron chi connectivity index (χ4n) is 3.63. The zero-order chi connectivity index (χ0) is 24.3. The van der Waals surface area contributed by atoms with Crippen molar-refractivity contribution in [1.29, 1.82) is 5.41 Å². The minimum absolute atomic E-state index is 0.0994. The van der Waals surface area contributed by atoms with Crippen molar-refractivity contribution < 1.29 is 18.0 Å². The highest BCUT2D eigenvalue weighted by Crippen LogP contribution is 2.30. The number of hydrogen-bond acceptors (Lipinski definition) is 7. The van der Waals surface area contributed by atoms with E-state index in [2.05, 4.69) is 25.9 Å². The number of amides is 1. The minimum Gasteiger partial charge on any atom is -0.383 e. The first-order valence-corrected chi connectivity index (χ1v) is 10.5. The maximum absolute atomic E-state index is 12.9. The number of rotatable bonds is 6. The Morgan fingerprint density at radius 3 is 2.56 bits per heavy atom. The summed E-state index contributed by atoms with van der Waals surface area (Å²) < 4.78 is 38.7. The van der Waals surface area contributed by atoms with Crippen LogP contribution in [0.15, 0.2) is 54.9 Å². The van der Waals surface area contributed by atoms with Gasteiger partial charge in [-0.3, -0.25) is 10.2 Å². The van der Waals surface area contributed by atoms with E-state index in [0.29, 0.717) is 22.6 Å². The van der Waals surface area contributed by atoms with Gasteiger partial charge in [-0.2, -0.15) is 13.2 Å². The number of nitrogens with zero attached hydrogens (tertiary/aromatic N) is 2. The fourth-order valence-corrected chi connectivity index (χ4v) is 3.63. The van der Waals surface area contributed by atoms with Crippen LogP contribution >= 0.6 is 0 Å². The Kier molecular flexibility index (Phi) is 6.46. The van der Waals surface area contributed by atoms with Crippen LogP contribution in [0.1, 0.15) is 33.5 Å². The molecule has 1 aliphatic heterocycles. The van der Waals surface area contributed by atoms with Crippen molar-refractivity contribution in [2.24, 2.45) is 0 Å². The molecule has 8 nitrogen and oxygen atoms in total. The molecular weight excluding hydrogens is 447 g/mol. The van der Waals surface area contributed by atoms with Crippen LogP contribution in [-0.4, -0.2) is 40.7 Å². The molecule has 0 spiro atoms. The largest absolute Gasteiger partial charge is 0.416 e. The first-order valence-electron chi connectivity index (χ1n) is 10.5. The van der Waals surface area contributed by atoms with Crippen molar-refractivity contribution in [2.45, 2.75) is 18.6 Å². The zero-order valence-electron chi connectivity index (χ0n) is 17.9. The lowest BCUT2D eigenvalue weighted by Crippen LogP contribution is -2.25. The van der Waals surface area contributed by atoms with Crippen molar-refractivity contribution in [2.75, 3.05) is 29.5 Å². The maximum Gasteiger partial charge on any atom is 0.416 e. The molecule has 1 fully saturated rings. The third-order valence-corrected chi connectivity index (χ3v) is 5.41. The van der Waals surface area contributed by atoms with Gasteiger partial charge in [-0.1, -0.05) is 18.2 Å². The third kappa shape index (κ3) is 5.15. The van der Waals surface area contributed by atoms with Crippen LogP contribution in [0.2, 0.25) is 0 Å². The Labute approximate surface area is 193 Å². The minimum atomic E-state index is -4.54. The van der Waals surface area contributed by atoms with Gasteiger partial charge in [0.2, 0.25) is 0 Å². The highest BCUT2D eigenvalue weighted by molar-refractivity contribution is 6.16. The van der Waals surface area contributed by atoms with E-state index in [0.717, 1.165) is 31.6 Å². The van der Waals surface area contributed by atoms with Crippen molar-refractivity contribution in [3.05, 3.63) is 77.1 Å². The topological polar surface area (TPSA) is 129 Å². The van der Waals surface area contributed by atoms with Gasteiger partial charge >= 0.3 is 6.18 Å². The molecule has 0 radical (unpaired) electrons. The van der Waals surface area contributed by atoms with Crippen LogP contribution in [0.4, 0.5) is 30.5 Å². The van der Waals surface area contributed by atoms with Crippen LogP contribution in [0, 0.1) is 5.41 Å². The van der Waals surface area contributed by atoms with E-state index in [4.69, 9.17) is 11.1 Å². The molecule has 1 aliphatic rings. The lowest BCUT2D eigenvalue weighted by atomic mass is 10.0. The van der Waals surface area contributed by atoms with Crippen molar-refractivity contribution >= 4 is 28.9 Å². The summed E-state index contributed by atoms with van der Waals surface area (Å²) in [6, 6.07) is 10.7. The molecule has 6 N–H and O–H groups in total. The van der Waals surface area contributed by atoms with Crippen LogP contribution in [0.25, 0.3) is 0 Å². The average Bonchev–Trinajstić information content (AvgIpc) is 3.32. The standard InChI is InChI=1S/C23H22F3N7O/c24-23(25,26)15-3-1-2-14(10-15)22(34)33-16-6-4-13(5-7-16)19(27)18-20(28)30-12-31-21(18)32-17-8-9-29-11-17/h1-7,10,12,17,27,29H,8-9,11H2,(H,33,34)(H3,28,30,31,32)/t17-/m0/s1. The molecule has 2 heterocycles. The van der Waals surface area contributed by atoms with E-state index >= 15 is 0 Å². The highest BCUT2D eigenvalue weighted by Gasteiger charge is 2.31. The summed E-state index contributed by atoms with van der Waals surface area (Å²) in [5.41, 5.74) is 6.38. The molecule has 4 rings (SSSR count). The Balaban J connectivity index is 1.50. The van der Waals surface area contributed by atoms with Gasteiger partial charge in [0.15, 0.2) is 0 Å². The van der Waals surface area contributed by atoms with E-state index in [1.165, 1.54) is 18.5 Å². The monoisotopic (exact) mass is 469 g/mol. The number of nitrogens with one attached hydrogen (secondary N) is 4. The Morgan fingerprint density at radius 2 is 1.88 bits per heavy atom. The van der Waals surface area contributed by atoms with Crippen molar-refractivity contribution in [3.63, 3.8) is 0 Å². The Hall–Kier alpha value is -3.99. The number of anilines is 3. The molecule has 3 aromatic rings. The van der Waals surface area contributed by atoms with Gasteiger partial charge in [0.1, 0.15) is 18.0 Å². The number of nitrogens with two attached hydrogens (primary N) is 1. The summed E-state index contributed by atoms with van der Waals surface area (Å²) in [6.45, 7) is 1.66. The molecular formula is C23H22F3N7O. The number of aromatic nitrogens is 2. The molecule has 1 saturated heterocycles. The molecule has 0 unspecified atom stereocenters. The number of carbonyl (C=O) groups excluding carboxylic acids is 1. The highest BCUT2D eigenvalue weighted by atomic mass is 19.4. The average molecular weight is 469 g/mol. The summed E-state index contributed by atoms with van der Waals surface area (Å²) in [6.07, 6.45) is -2.29. The number of carbonyl (C=O) groups is 1. The molecule has 176 valence electrons. The summed E-state index contributed by atoms with van der Waals surface area (Å²) in [5, 5.41) is 17.8. The van der Waals surface area contributed by atoms with Crippen LogP contribution in [-0.2, 0) is 6.18 Å². The summed E-state index contributed by atoms with van der Waals surface area (Å²) >= 11 is 0. The number of alkyl halides is 3. The molecule has 11 heteroatoms. The summed E-state index contributed by atoms with van der Waals surface area (Å²) in [7, 11) is 0. The second kappa shape index (κ2) is 9.48. The third-order valence-electron chi connectivity index (χ3n) is 5.41. The number of benzene rings is 2. The smallest absolute Gasteiger partial charge is 0.383 e. The zero-order valence-corrected chi connectivity index (χ0v) is 17.9. The second-order valence-corrected chi connectivity index (χ2v) is 7.80. The predicted octanol–water partition coefficient (Wildman–Crippen LogP) is 3.52. The normalized spacial score (nSPS) is 15.7. The van der Waals surface area contributed by atoms with Gasteiger partial charge in [0.25, 0.3) is 5.91 Å². The lowest BCUT2D eigenvalue weighted by molar-refractivity contribution is -0.137. The fraction of sp³-hybridized carbons (Fsp3) is 0.217. The van der Waals surface area contributed by atoms with Crippen molar-refractivity contribution in [3.8, 4) is 0 Å². The van der Waals surface area contributed by atoms with Gasteiger partial charge in [-0.15, -0.1) is 0 Å². The van der Waals surface area contributed by atoms with Gasteiger partial charge < -0.3 is 21.7 Å². The van der Waals surface area contributed by atoms with Crippen LogP contribution in [0.3, 0.4) is 0 Å². The predicted molar refractivity (Wildman–Crippen MR) is 123 cm³/mol. The first-order chi connectivity index (χ1) is 16.2. The first kappa shape index (κ1) is 23.2. The van der Waals surface area contributed by atoms with Gasteiger partial charge in [0, 0.05) is 29.4 Å². The summed E-state index contributed by atoms with van der Waals surface area (Å²) in [5.74, 6) is -0.0465. The maximum atomic E-state index is 12.9. The molecule has 1 atom stereocenters. The Bertz CT molecular complexity index is 1210. The van der Waals surface area contributed by atoms with E-state index < -0.39 is 17.6 Å². The van der Waals surface area contributed by atoms with E-state index in [1.807, 2.05) is 0 Å². The van der Waals surface area contributed by atoms with Crippen LogP contribution in [0.5, 0.6) is 0 Å². The molecule has 1 amide bonds. The van der Waals surface area contributed by atoms with E-state index in [-0.39, 0.29) is 23.1 Å². The molecule has 0 aliphatic carbocycles. The van der Waals surface area contributed by atoms with Crippen LogP contribution < -0.4 is 21.7 Å².